The molecular formula is C16H13F2NO. The maximum Gasteiger partial charge on any atom is 0.261 e. The maximum atomic E-state index is 13.7. The van der Waals surface area contributed by atoms with Crippen molar-refractivity contribution in [3.05, 3.63) is 65.2 Å². The molecule has 0 radical (unpaired) electrons. The summed E-state index contributed by atoms with van der Waals surface area (Å²) in [5.74, 6) is -1.93. The number of fused-ring (bicyclic) bond motifs is 1. The largest absolute Gasteiger partial charge is 0.308 e. The maximum absolute atomic E-state index is 13.7. The van der Waals surface area contributed by atoms with E-state index in [-0.39, 0.29) is 5.56 Å². The highest BCUT2D eigenvalue weighted by atomic mass is 19.1. The first-order chi connectivity index (χ1) is 9.66. The number of hydrogen-bond acceptors (Lipinski definition) is 1. The van der Waals surface area contributed by atoms with E-state index in [9.17, 15) is 13.6 Å². The second-order valence-corrected chi connectivity index (χ2v) is 4.81. The number of carbonyl (C=O) groups excluding carboxylic acids is 1. The fourth-order valence-corrected chi connectivity index (χ4v) is 2.55. The van der Waals surface area contributed by atoms with E-state index < -0.39 is 17.5 Å². The van der Waals surface area contributed by atoms with Gasteiger partial charge in [0, 0.05) is 18.3 Å². The molecule has 2 nitrogen and oxygen atoms in total. The van der Waals surface area contributed by atoms with Crippen molar-refractivity contribution in [2.75, 3.05) is 11.4 Å². The molecule has 0 aliphatic carbocycles. The molecular weight excluding hydrogens is 260 g/mol. The van der Waals surface area contributed by atoms with Gasteiger partial charge in [-0.05, 0) is 36.6 Å². The Morgan fingerprint density at radius 2 is 1.90 bits per heavy atom. The van der Waals surface area contributed by atoms with Gasteiger partial charge in [-0.2, -0.15) is 0 Å². The number of para-hydroxylation sites is 1. The van der Waals surface area contributed by atoms with Gasteiger partial charge >= 0.3 is 0 Å². The Kier molecular flexibility index (Phi) is 3.22. The van der Waals surface area contributed by atoms with Crippen LogP contribution in [0.2, 0.25) is 0 Å². The summed E-state index contributed by atoms with van der Waals surface area (Å²) in [4.78, 5) is 14.0. The topological polar surface area (TPSA) is 20.3 Å². The number of rotatable bonds is 1. The van der Waals surface area contributed by atoms with Gasteiger partial charge in [-0.3, -0.25) is 4.79 Å². The summed E-state index contributed by atoms with van der Waals surface area (Å²) in [6.45, 7) is 0.548. The van der Waals surface area contributed by atoms with Crippen molar-refractivity contribution in [1.82, 2.24) is 0 Å². The van der Waals surface area contributed by atoms with Gasteiger partial charge in [0.25, 0.3) is 5.91 Å². The van der Waals surface area contributed by atoms with Gasteiger partial charge in [0.15, 0.2) is 0 Å². The van der Waals surface area contributed by atoms with E-state index in [0.29, 0.717) is 6.54 Å². The van der Waals surface area contributed by atoms with E-state index in [2.05, 4.69) is 0 Å². The fourth-order valence-electron chi connectivity index (χ4n) is 2.55. The highest BCUT2D eigenvalue weighted by Gasteiger charge is 2.25. The van der Waals surface area contributed by atoms with Crippen molar-refractivity contribution in [3.63, 3.8) is 0 Å². The summed E-state index contributed by atoms with van der Waals surface area (Å²) in [5, 5.41) is 0. The van der Waals surface area contributed by atoms with Crippen molar-refractivity contribution in [2.45, 2.75) is 12.8 Å². The lowest BCUT2D eigenvalue weighted by atomic mass is 10.0. The summed E-state index contributed by atoms with van der Waals surface area (Å²) >= 11 is 0. The van der Waals surface area contributed by atoms with Crippen LogP contribution in [-0.4, -0.2) is 12.5 Å². The Hall–Kier alpha value is -2.23. The monoisotopic (exact) mass is 273 g/mol. The highest BCUT2D eigenvalue weighted by Crippen LogP contribution is 2.28. The zero-order valence-corrected chi connectivity index (χ0v) is 10.8. The summed E-state index contributed by atoms with van der Waals surface area (Å²) < 4.78 is 26.7. The number of carbonyl (C=O) groups is 1. The molecule has 102 valence electrons. The van der Waals surface area contributed by atoms with Gasteiger partial charge < -0.3 is 4.90 Å². The summed E-state index contributed by atoms with van der Waals surface area (Å²) in [6.07, 6.45) is 1.75. The minimum atomic E-state index is -0.821. The number of aryl methyl sites for hydroxylation is 1. The van der Waals surface area contributed by atoms with E-state index in [1.54, 1.807) is 4.90 Å². The van der Waals surface area contributed by atoms with E-state index >= 15 is 0 Å². The van der Waals surface area contributed by atoms with Crippen LogP contribution in [0.4, 0.5) is 14.5 Å². The molecule has 0 N–H and O–H groups in total. The molecule has 20 heavy (non-hydrogen) atoms. The van der Waals surface area contributed by atoms with Crippen molar-refractivity contribution in [2.24, 2.45) is 0 Å². The molecule has 3 rings (SSSR count). The predicted molar refractivity (Wildman–Crippen MR) is 72.8 cm³/mol. The molecule has 0 spiro atoms. The molecule has 0 unspecified atom stereocenters. The Labute approximate surface area is 115 Å². The number of benzene rings is 2. The van der Waals surface area contributed by atoms with Crippen LogP contribution in [0.15, 0.2) is 42.5 Å². The van der Waals surface area contributed by atoms with Gasteiger partial charge in [-0.25, -0.2) is 8.78 Å². The fraction of sp³-hybridized carbons (Fsp3) is 0.188. The second kappa shape index (κ2) is 5.04. The van der Waals surface area contributed by atoms with Crippen LogP contribution in [0, 0.1) is 11.6 Å². The predicted octanol–water partition coefficient (Wildman–Crippen LogP) is 3.56. The zero-order chi connectivity index (χ0) is 14.1. The molecule has 0 atom stereocenters. The number of halogens is 2. The third-order valence-corrected chi connectivity index (χ3v) is 3.52. The van der Waals surface area contributed by atoms with Crippen molar-refractivity contribution >= 4 is 11.6 Å². The van der Waals surface area contributed by atoms with Crippen LogP contribution < -0.4 is 4.90 Å². The Balaban J connectivity index is 2.00. The SMILES string of the molecule is O=C(c1ccc(F)cc1F)N1CCCc2ccccc21. The van der Waals surface area contributed by atoms with Crippen LogP contribution >= 0.6 is 0 Å². The second-order valence-electron chi connectivity index (χ2n) is 4.81. The molecule has 1 aliphatic rings. The Morgan fingerprint density at radius 3 is 2.70 bits per heavy atom. The average Bonchev–Trinajstić information content (AvgIpc) is 2.46. The minimum absolute atomic E-state index is 0.0943. The van der Waals surface area contributed by atoms with Crippen LogP contribution in [0.1, 0.15) is 22.3 Å². The molecule has 1 amide bonds. The van der Waals surface area contributed by atoms with Gasteiger partial charge in [0.2, 0.25) is 0 Å². The summed E-state index contributed by atoms with van der Waals surface area (Å²) in [5.41, 5.74) is 1.80. The average molecular weight is 273 g/mol. The lowest BCUT2D eigenvalue weighted by Gasteiger charge is -2.29. The summed E-state index contributed by atoms with van der Waals surface area (Å²) in [7, 11) is 0. The third kappa shape index (κ3) is 2.18. The molecule has 2 aromatic rings. The lowest BCUT2D eigenvalue weighted by molar-refractivity contribution is 0.0981. The van der Waals surface area contributed by atoms with E-state index in [1.807, 2.05) is 24.3 Å². The molecule has 4 heteroatoms. The molecule has 0 saturated heterocycles. The molecule has 2 aromatic carbocycles. The van der Waals surface area contributed by atoms with Crippen LogP contribution in [0.25, 0.3) is 0 Å². The Morgan fingerprint density at radius 1 is 1.10 bits per heavy atom. The molecule has 1 heterocycles. The third-order valence-electron chi connectivity index (χ3n) is 3.52. The van der Waals surface area contributed by atoms with Gasteiger partial charge in [-0.1, -0.05) is 18.2 Å². The molecule has 1 aliphatic heterocycles. The Bertz CT molecular complexity index is 669. The summed E-state index contributed by atoms with van der Waals surface area (Å²) in [6, 6.07) is 10.6. The van der Waals surface area contributed by atoms with Gasteiger partial charge in [-0.15, -0.1) is 0 Å². The van der Waals surface area contributed by atoms with E-state index in [4.69, 9.17) is 0 Å². The lowest BCUT2D eigenvalue weighted by Crippen LogP contribution is -2.35. The minimum Gasteiger partial charge on any atom is -0.308 e. The highest BCUT2D eigenvalue weighted by molar-refractivity contribution is 6.06. The van der Waals surface area contributed by atoms with Gasteiger partial charge in [0.1, 0.15) is 11.6 Å². The van der Waals surface area contributed by atoms with E-state index in [1.165, 1.54) is 6.07 Å². The molecule has 0 fully saturated rings. The van der Waals surface area contributed by atoms with Crippen molar-refractivity contribution in [3.8, 4) is 0 Å². The van der Waals surface area contributed by atoms with Crippen molar-refractivity contribution < 1.29 is 13.6 Å². The molecule has 0 bridgehead atoms. The first-order valence-electron chi connectivity index (χ1n) is 6.51. The number of amides is 1. The first-order valence-corrected chi connectivity index (χ1v) is 6.51. The number of hydrogen-bond donors (Lipinski definition) is 0. The standard InChI is InChI=1S/C16H13F2NO/c17-12-7-8-13(14(18)10-12)16(20)19-9-3-5-11-4-1-2-6-15(11)19/h1-2,4,6-8,10H,3,5,9H2. The van der Waals surface area contributed by atoms with Crippen LogP contribution in [0.3, 0.4) is 0 Å². The smallest absolute Gasteiger partial charge is 0.261 e. The quantitative estimate of drug-likeness (QED) is 0.778. The van der Waals surface area contributed by atoms with Crippen molar-refractivity contribution in [1.29, 1.82) is 0 Å². The molecule has 0 saturated carbocycles. The number of anilines is 1. The normalized spacial score (nSPS) is 14.0. The van der Waals surface area contributed by atoms with Crippen LogP contribution in [-0.2, 0) is 6.42 Å². The van der Waals surface area contributed by atoms with E-state index in [0.717, 1.165) is 36.2 Å². The number of nitrogens with zero attached hydrogens (tertiary/aromatic N) is 1. The molecule has 0 aromatic heterocycles. The first kappa shape index (κ1) is 12.8. The zero-order valence-electron chi connectivity index (χ0n) is 10.8. The van der Waals surface area contributed by atoms with Crippen LogP contribution in [0.5, 0.6) is 0 Å². The van der Waals surface area contributed by atoms with Gasteiger partial charge in [0.05, 0.1) is 5.56 Å².